The van der Waals surface area contributed by atoms with Gasteiger partial charge >= 0.3 is 0 Å². The largest absolute Gasteiger partial charge is 0.489 e. The predicted molar refractivity (Wildman–Crippen MR) is 183 cm³/mol. The van der Waals surface area contributed by atoms with Crippen molar-refractivity contribution >= 4 is 22.7 Å². The standard InChI is InChI=1S/C34H30N4O2.C5H10O/c1-25-21-31(39-23-27-9-5-3-6-10-27)17-19-33(25)37-35-29-13-15-30(16-14-29)36-38-34-20-18-32(22-26(34)2)40-24-28-11-7-4-8-12-28;1-5-3-2-4-6-5/h3-22H,23-24H2,1-2H3;5H,2-4H2,1H3. The Bertz CT molecular complexity index is 1590. The molecule has 0 aliphatic carbocycles. The van der Waals surface area contributed by atoms with Crippen LogP contribution in [0.1, 0.15) is 42.0 Å². The SMILES string of the molecule is CC1CCCO1.Cc1cc(OCc2ccccc2)ccc1N=Nc1ccc(N=Nc2ccc(OCc3ccccc3)cc2C)cc1. The van der Waals surface area contributed by atoms with Crippen LogP contribution in [-0.2, 0) is 18.0 Å². The lowest BCUT2D eigenvalue weighted by Crippen LogP contribution is -1.95. The van der Waals surface area contributed by atoms with E-state index in [0.717, 1.165) is 63.1 Å². The molecular weight excluding hydrogens is 572 g/mol. The van der Waals surface area contributed by atoms with Crippen LogP contribution in [0.3, 0.4) is 0 Å². The number of rotatable bonds is 10. The number of benzene rings is 5. The molecule has 0 bridgehead atoms. The highest BCUT2D eigenvalue weighted by molar-refractivity contribution is 5.52. The van der Waals surface area contributed by atoms with E-state index in [1.807, 2.05) is 135 Å². The van der Waals surface area contributed by atoms with Gasteiger partial charge < -0.3 is 14.2 Å². The molecular formula is C39H40N4O3. The van der Waals surface area contributed by atoms with Crippen LogP contribution in [0.15, 0.2) is 142 Å². The molecule has 234 valence electrons. The van der Waals surface area contributed by atoms with Crippen LogP contribution in [-0.4, -0.2) is 12.7 Å². The van der Waals surface area contributed by atoms with Gasteiger partial charge in [-0.1, -0.05) is 60.7 Å². The second kappa shape index (κ2) is 16.8. The molecule has 1 saturated heterocycles. The van der Waals surface area contributed by atoms with Gasteiger partial charge in [-0.05, 0) is 117 Å². The average Bonchev–Trinajstić information content (AvgIpc) is 3.58. The Morgan fingerprint density at radius 3 is 1.39 bits per heavy atom. The van der Waals surface area contributed by atoms with Gasteiger partial charge in [-0.3, -0.25) is 0 Å². The summed E-state index contributed by atoms with van der Waals surface area (Å²) in [5.41, 5.74) is 7.30. The Hall–Kier alpha value is -5.14. The summed E-state index contributed by atoms with van der Waals surface area (Å²) in [6, 6.07) is 39.3. The highest BCUT2D eigenvalue weighted by Gasteiger charge is 2.07. The van der Waals surface area contributed by atoms with E-state index >= 15 is 0 Å². The first-order valence-electron chi connectivity index (χ1n) is 15.6. The molecule has 1 unspecified atom stereocenters. The molecule has 5 aromatic rings. The van der Waals surface area contributed by atoms with Crippen LogP contribution < -0.4 is 9.47 Å². The first-order chi connectivity index (χ1) is 22.5. The molecule has 0 saturated carbocycles. The molecule has 46 heavy (non-hydrogen) atoms. The second-order valence-electron chi connectivity index (χ2n) is 11.2. The summed E-state index contributed by atoms with van der Waals surface area (Å²) in [4.78, 5) is 0. The van der Waals surface area contributed by atoms with Gasteiger partial charge in [0.25, 0.3) is 0 Å². The lowest BCUT2D eigenvalue weighted by Gasteiger charge is -2.08. The molecule has 1 aliphatic rings. The lowest BCUT2D eigenvalue weighted by molar-refractivity contribution is 0.125. The van der Waals surface area contributed by atoms with E-state index in [2.05, 4.69) is 27.4 Å². The maximum atomic E-state index is 5.90. The Labute approximate surface area is 271 Å². The Morgan fingerprint density at radius 2 is 1.04 bits per heavy atom. The summed E-state index contributed by atoms with van der Waals surface area (Å²) in [5.74, 6) is 1.61. The summed E-state index contributed by atoms with van der Waals surface area (Å²) in [7, 11) is 0. The zero-order valence-electron chi connectivity index (χ0n) is 26.7. The fraction of sp³-hybridized carbons (Fsp3) is 0.231. The van der Waals surface area contributed by atoms with Gasteiger partial charge in [-0.15, -0.1) is 0 Å². The van der Waals surface area contributed by atoms with E-state index in [1.165, 1.54) is 12.8 Å². The van der Waals surface area contributed by atoms with Crippen molar-refractivity contribution in [3.05, 3.63) is 144 Å². The third-order valence-electron chi connectivity index (χ3n) is 7.39. The first kappa shape index (κ1) is 32.3. The summed E-state index contributed by atoms with van der Waals surface area (Å²) in [5, 5.41) is 17.6. The minimum Gasteiger partial charge on any atom is -0.489 e. The van der Waals surface area contributed by atoms with E-state index in [9.17, 15) is 0 Å². The molecule has 0 radical (unpaired) electrons. The number of ether oxygens (including phenoxy) is 3. The molecule has 5 aromatic carbocycles. The van der Waals surface area contributed by atoms with Gasteiger partial charge in [-0.2, -0.15) is 20.5 Å². The monoisotopic (exact) mass is 612 g/mol. The molecule has 1 atom stereocenters. The van der Waals surface area contributed by atoms with Gasteiger partial charge in [0.1, 0.15) is 24.7 Å². The zero-order valence-corrected chi connectivity index (χ0v) is 26.7. The molecule has 7 heteroatoms. The average molecular weight is 613 g/mol. The predicted octanol–water partition coefficient (Wildman–Crippen LogP) is 11.5. The number of hydrogen-bond acceptors (Lipinski definition) is 7. The molecule has 0 aromatic heterocycles. The third kappa shape index (κ3) is 10.2. The van der Waals surface area contributed by atoms with Crippen LogP contribution in [0.5, 0.6) is 11.5 Å². The summed E-state index contributed by atoms with van der Waals surface area (Å²) in [6.07, 6.45) is 3.08. The Balaban J connectivity index is 0.000000624. The van der Waals surface area contributed by atoms with E-state index in [-0.39, 0.29) is 0 Å². The molecule has 0 amide bonds. The maximum absolute atomic E-state index is 5.90. The van der Waals surface area contributed by atoms with Crippen LogP contribution in [0.2, 0.25) is 0 Å². The Morgan fingerprint density at radius 1 is 0.587 bits per heavy atom. The van der Waals surface area contributed by atoms with Crippen LogP contribution in [0.25, 0.3) is 0 Å². The summed E-state index contributed by atoms with van der Waals surface area (Å²) < 4.78 is 17.0. The molecule has 1 heterocycles. The highest BCUT2D eigenvalue weighted by atomic mass is 16.5. The second-order valence-corrected chi connectivity index (χ2v) is 11.2. The molecule has 0 N–H and O–H groups in total. The van der Waals surface area contributed by atoms with E-state index in [0.29, 0.717) is 19.3 Å². The van der Waals surface area contributed by atoms with E-state index < -0.39 is 0 Å². The van der Waals surface area contributed by atoms with Crippen molar-refractivity contribution < 1.29 is 14.2 Å². The number of hydrogen-bond donors (Lipinski definition) is 0. The van der Waals surface area contributed by atoms with Gasteiger partial charge in [0, 0.05) is 6.61 Å². The quantitative estimate of drug-likeness (QED) is 0.147. The lowest BCUT2D eigenvalue weighted by atomic mass is 10.2. The summed E-state index contributed by atoms with van der Waals surface area (Å²) >= 11 is 0. The third-order valence-corrected chi connectivity index (χ3v) is 7.39. The fourth-order valence-corrected chi connectivity index (χ4v) is 4.69. The topological polar surface area (TPSA) is 77.1 Å². The Kier molecular flexibility index (Phi) is 11.8. The van der Waals surface area contributed by atoms with Gasteiger partial charge in [0.2, 0.25) is 0 Å². The van der Waals surface area contributed by atoms with Crippen molar-refractivity contribution in [2.45, 2.75) is 52.9 Å². The molecule has 6 rings (SSSR count). The number of nitrogens with zero attached hydrogens (tertiary/aromatic N) is 4. The van der Waals surface area contributed by atoms with Crippen molar-refractivity contribution in [3.63, 3.8) is 0 Å². The molecule has 7 nitrogen and oxygen atoms in total. The van der Waals surface area contributed by atoms with Gasteiger partial charge in [-0.25, -0.2) is 0 Å². The van der Waals surface area contributed by atoms with Crippen LogP contribution in [0.4, 0.5) is 22.7 Å². The molecule has 1 fully saturated rings. The van der Waals surface area contributed by atoms with Gasteiger partial charge in [0.15, 0.2) is 0 Å². The molecule has 0 spiro atoms. The van der Waals surface area contributed by atoms with Gasteiger partial charge in [0.05, 0.1) is 28.9 Å². The van der Waals surface area contributed by atoms with Crippen molar-refractivity contribution in [1.29, 1.82) is 0 Å². The van der Waals surface area contributed by atoms with Crippen LogP contribution in [0, 0.1) is 13.8 Å². The van der Waals surface area contributed by atoms with E-state index in [4.69, 9.17) is 14.2 Å². The van der Waals surface area contributed by atoms with E-state index in [1.54, 1.807) is 0 Å². The highest BCUT2D eigenvalue weighted by Crippen LogP contribution is 2.29. The molecule has 1 aliphatic heterocycles. The zero-order chi connectivity index (χ0) is 32.0. The van der Waals surface area contributed by atoms with Crippen LogP contribution >= 0.6 is 0 Å². The smallest absolute Gasteiger partial charge is 0.120 e. The minimum absolute atomic E-state index is 0.527. The number of azo groups is 2. The number of aryl methyl sites for hydroxylation is 2. The van der Waals surface area contributed by atoms with Crippen molar-refractivity contribution in [1.82, 2.24) is 0 Å². The van der Waals surface area contributed by atoms with Crippen molar-refractivity contribution in [2.75, 3.05) is 6.61 Å². The minimum atomic E-state index is 0.527. The van der Waals surface area contributed by atoms with Crippen molar-refractivity contribution in [2.24, 2.45) is 20.5 Å². The normalized spacial score (nSPS) is 14.3. The summed E-state index contributed by atoms with van der Waals surface area (Å²) in [6.45, 7) is 8.15. The fourth-order valence-electron chi connectivity index (χ4n) is 4.69. The van der Waals surface area contributed by atoms with Crippen molar-refractivity contribution in [3.8, 4) is 11.5 Å². The first-order valence-corrected chi connectivity index (χ1v) is 15.6. The maximum Gasteiger partial charge on any atom is 0.120 e.